The van der Waals surface area contributed by atoms with Crippen molar-refractivity contribution in [3.05, 3.63) is 84.9 Å². The molecule has 0 bridgehead atoms. The molecule has 0 radical (unpaired) electrons. The summed E-state index contributed by atoms with van der Waals surface area (Å²) < 4.78 is 22.2. The molecule has 3 heterocycles. The predicted octanol–water partition coefficient (Wildman–Crippen LogP) is 5.37. The van der Waals surface area contributed by atoms with Crippen LogP contribution in [0.5, 0.6) is 23.0 Å². The summed E-state index contributed by atoms with van der Waals surface area (Å²) in [5.41, 5.74) is 3.63. The summed E-state index contributed by atoms with van der Waals surface area (Å²) in [6, 6.07) is 29.8. The molecule has 3 aliphatic heterocycles. The number of hydrogen-bond donors (Lipinski definition) is 0. The van der Waals surface area contributed by atoms with E-state index in [2.05, 4.69) is 93.0 Å². The van der Waals surface area contributed by atoms with Crippen molar-refractivity contribution in [2.75, 3.05) is 4.90 Å². The Bertz CT molecular complexity index is 1310. The SMILES string of the molecule is [CH3][Bi]12([CH3])[c]3c4cccc3Oc3cccc([c]31)N(c1ccccc1)c1cccc([c]12)O4. The van der Waals surface area contributed by atoms with Crippen LogP contribution in [0, 0.1) is 0 Å². The fourth-order valence-corrected chi connectivity index (χ4v) is 27.2. The van der Waals surface area contributed by atoms with Gasteiger partial charge in [-0.1, -0.05) is 0 Å². The molecule has 4 heteroatoms. The third kappa shape index (κ3) is 1.77. The molecule has 30 heavy (non-hydrogen) atoms. The fraction of sp³-hybridized carbons (Fsp3) is 0.0769. The third-order valence-corrected chi connectivity index (χ3v) is 27.7. The van der Waals surface area contributed by atoms with E-state index in [1.54, 1.807) is 0 Å². The van der Waals surface area contributed by atoms with Crippen LogP contribution in [0.1, 0.15) is 0 Å². The van der Waals surface area contributed by atoms with E-state index in [0.717, 1.165) is 28.7 Å². The summed E-state index contributed by atoms with van der Waals surface area (Å²) in [4.78, 5) is 2.38. The Hall–Kier alpha value is -2.84. The summed E-state index contributed by atoms with van der Waals surface area (Å²) in [6.07, 6.45) is 0. The van der Waals surface area contributed by atoms with E-state index >= 15 is 0 Å². The molecule has 146 valence electrons. The number of benzene rings is 4. The molecular formula is C26H20BiNO2. The summed E-state index contributed by atoms with van der Waals surface area (Å²) in [6.45, 7) is 0. The number of anilines is 3. The summed E-state index contributed by atoms with van der Waals surface area (Å²) in [5, 5.41) is 0. The molecule has 3 nitrogen and oxygen atoms in total. The zero-order valence-electron chi connectivity index (χ0n) is 16.8. The van der Waals surface area contributed by atoms with E-state index in [9.17, 15) is 0 Å². The van der Waals surface area contributed by atoms with Crippen LogP contribution in [0.15, 0.2) is 84.9 Å². The summed E-state index contributed by atoms with van der Waals surface area (Å²) in [7, 11) is 0. The van der Waals surface area contributed by atoms with Gasteiger partial charge in [-0.25, -0.2) is 0 Å². The molecule has 0 N–H and O–H groups in total. The Kier molecular flexibility index (Phi) is 2.96. The topological polar surface area (TPSA) is 21.7 Å². The first-order valence-corrected chi connectivity index (χ1v) is 22.4. The standard InChI is InChI=1S/C24H14NO2.2CH3.Bi/c1-2-7-18(8-3-1)25-19-9-4-11-21(15-19)26-23-13-6-14-24(17-23)27-22-12-5-10-20(25)16-22;;;/h1-14H;2*1H3;. The van der Waals surface area contributed by atoms with Crippen LogP contribution in [-0.2, 0) is 0 Å². The van der Waals surface area contributed by atoms with Gasteiger partial charge < -0.3 is 0 Å². The molecule has 0 saturated carbocycles. The number of para-hydroxylation sites is 1. The van der Waals surface area contributed by atoms with Crippen LogP contribution in [-0.4, -0.2) is 18.8 Å². The quantitative estimate of drug-likeness (QED) is 0.247. The fourth-order valence-electron chi connectivity index (χ4n) is 5.78. The zero-order valence-corrected chi connectivity index (χ0v) is 20.3. The zero-order chi connectivity index (χ0) is 20.1. The van der Waals surface area contributed by atoms with Crippen molar-refractivity contribution in [1.82, 2.24) is 0 Å². The van der Waals surface area contributed by atoms with E-state index in [4.69, 9.17) is 9.47 Å². The molecule has 0 unspecified atom stereocenters. The van der Waals surface area contributed by atoms with Gasteiger partial charge in [0.15, 0.2) is 0 Å². The first-order valence-electron chi connectivity index (χ1n) is 10.2. The van der Waals surface area contributed by atoms with Crippen molar-refractivity contribution in [2.24, 2.45) is 0 Å². The second-order valence-corrected chi connectivity index (χ2v) is 30.6. The molecule has 7 rings (SSSR count). The Morgan fingerprint density at radius 2 is 1.00 bits per heavy atom. The second kappa shape index (κ2) is 5.25. The van der Waals surface area contributed by atoms with E-state index in [-0.39, 0.29) is 0 Å². The average molecular weight is 587 g/mol. The monoisotopic (exact) mass is 587 g/mol. The van der Waals surface area contributed by atoms with E-state index in [1.165, 1.54) is 21.2 Å². The second-order valence-electron chi connectivity index (χ2n) is 8.85. The molecule has 3 aliphatic rings. The van der Waals surface area contributed by atoms with Gasteiger partial charge in [0.2, 0.25) is 0 Å². The predicted molar refractivity (Wildman–Crippen MR) is 124 cm³/mol. The normalized spacial score (nSPS) is 18.9. The van der Waals surface area contributed by atoms with Crippen molar-refractivity contribution >= 4 is 45.7 Å². The molecule has 4 aromatic carbocycles. The van der Waals surface area contributed by atoms with E-state index in [0.29, 0.717) is 0 Å². The summed E-state index contributed by atoms with van der Waals surface area (Å²) >= 11 is -4.04. The number of nitrogens with zero attached hydrogens (tertiary/aromatic N) is 1. The molecule has 0 spiro atoms. The van der Waals surface area contributed by atoms with Crippen LogP contribution >= 0.6 is 0 Å². The molecule has 0 atom stereocenters. The Labute approximate surface area is 176 Å². The van der Waals surface area contributed by atoms with Gasteiger partial charge in [-0.3, -0.25) is 0 Å². The van der Waals surface area contributed by atoms with Gasteiger partial charge in [0, 0.05) is 0 Å². The van der Waals surface area contributed by atoms with Gasteiger partial charge in [0.25, 0.3) is 0 Å². The van der Waals surface area contributed by atoms with Crippen LogP contribution in [0.3, 0.4) is 0 Å². The van der Waals surface area contributed by atoms with Crippen molar-refractivity contribution < 1.29 is 9.47 Å². The maximum atomic E-state index is 6.51. The van der Waals surface area contributed by atoms with Crippen molar-refractivity contribution in [3.8, 4) is 23.0 Å². The summed E-state index contributed by atoms with van der Waals surface area (Å²) in [5.74, 6) is 3.92. The molecule has 0 amide bonds. The maximum absolute atomic E-state index is 6.51. The first kappa shape index (κ1) is 16.9. The van der Waals surface area contributed by atoms with Crippen LogP contribution in [0.25, 0.3) is 0 Å². The van der Waals surface area contributed by atoms with Gasteiger partial charge in [0.1, 0.15) is 0 Å². The Morgan fingerprint density at radius 1 is 0.533 bits per heavy atom. The van der Waals surface area contributed by atoms with Crippen molar-refractivity contribution in [1.29, 1.82) is 0 Å². The molecule has 0 fully saturated rings. The molecule has 0 saturated heterocycles. The van der Waals surface area contributed by atoms with Crippen LogP contribution in [0.4, 0.5) is 17.1 Å². The number of hydrogen-bond acceptors (Lipinski definition) is 3. The Morgan fingerprint density at radius 3 is 1.53 bits per heavy atom. The van der Waals surface area contributed by atoms with Gasteiger partial charge in [-0.05, 0) is 0 Å². The average Bonchev–Trinajstić information content (AvgIpc) is 2.74. The number of ether oxygens (including phenoxy) is 2. The molecule has 0 aromatic heterocycles. The van der Waals surface area contributed by atoms with Crippen LogP contribution < -0.4 is 24.2 Å². The molecule has 4 aromatic rings. The van der Waals surface area contributed by atoms with Crippen molar-refractivity contribution in [3.63, 3.8) is 0 Å². The minimum absolute atomic E-state index is 0.962. The first-order chi connectivity index (χ1) is 14.6. The molecule has 0 aliphatic carbocycles. The van der Waals surface area contributed by atoms with Crippen molar-refractivity contribution in [2.45, 2.75) is 9.26 Å². The minimum atomic E-state index is -4.04. The Balaban J connectivity index is 1.71. The van der Waals surface area contributed by atoms with E-state index in [1.807, 2.05) is 6.07 Å². The van der Waals surface area contributed by atoms with Gasteiger partial charge in [-0.15, -0.1) is 0 Å². The van der Waals surface area contributed by atoms with Gasteiger partial charge >= 0.3 is 177 Å². The van der Waals surface area contributed by atoms with Gasteiger partial charge in [-0.2, -0.15) is 0 Å². The van der Waals surface area contributed by atoms with Crippen LogP contribution in [0.2, 0.25) is 9.26 Å². The third-order valence-electron chi connectivity index (χ3n) is 6.87. The number of rotatable bonds is 1. The van der Waals surface area contributed by atoms with E-state index < -0.39 is 18.8 Å². The van der Waals surface area contributed by atoms with Gasteiger partial charge in [0.05, 0.1) is 0 Å². The molecular weight excluding hydrogens is 567 g/mol.